The van der Waals surface area contributed by atoms with Gasteiger partial charge in [0.2, 0.25) is 0 Å². The zero-order valence-corrected chi connectivity index (χ0v) is 20.8. The molecule has 1 saturated heterocycles. The van der Waals surface area contributed by atoms with Crippen molar-refractivity contribution in [2.24, 2.45) is 0 Å². The first-order valence-electron chi connectivity index (χ1n) is 11.2. The molecule has 0 radical (unpaired) electrons. The molecule has 8 nitrogen and oxygen atoms in total. The Morgan fingerprint density at radius 1 is 1.06 bits per heavy atom. The lowest BCUT2D eigenvalue weighted by atomic mass is 9.94. The SMILES string of the molecule is CCOc1ccc(C(O)=C2C(=O)C(=O)N(Cc3cccnc3)[C@@H]2c2ccc(OC)c(OC)c2)cc1Cl. The molecule has 0 unspecified atom stereocenters. The summed E-state index contributed by atoms with van der Waals surface area (Å²) in [6.45, 7) is 2.36. The number of hydrogen-bond donors (Lipinski definition) is 1. The van der Waals surface area contributed by atoms with Gasteiger partial charge >= 0.3 is 0 Å². The molecule has 4 rings (SSSR count). The number of carbonyl (C=O) groups excluding carboxylic acids is 2. The van der Waals surface area contributed by atoms with Crippen molar-refractivity contribution in [3.63, 3.8) is 0 Å². The Morgan fingerprint density at radius 2 is 1.81 bits per heavy atom. The van der Waals surface area contributed by atoms with Gasteiger partial charge < -0.3 is 24.2 Å². The number of nitrogens with zero attached hydrogens (tertiary/aromatic N) is 2. The van der Waals surface area contributed by atoms with Crippen LogP contribution in [0.4, 0.5) is 0 Å². The fourth-order valence-electron chi connectivity index (χ4n) is 4.18. The van der Waals surface area contributed by atoms with Crippen molar-refractivity contribution in [2.75, 3.05) is 20.8 Å². The lowest BCUT2D eigenvalue weighted by molar-refractivity contribution is -0.140. The minimum absolute atomic E-state index is 0.0589. The molecule has 2 aromatic carbocycles. The van der Waals surface area contributed by atoms with E-state index in [1.165, 1.54) is 25.2 Å². The number of ether oxygens (including phenoxy) is 3. The summed E-state index contributed by atoms with van der Waals surface area (Å²) >= 11 is 6.33. The molecule has 1 aromatic heterocycles. The Kier molecular flexibility index (Phi) is 7.45. The topological polar surface area (TPSA) is 98.2 Å². The highest BCUT2D eigenvalue weighted by Crippen LogP contribution is 2.43. The van der Waals surface area contributed by atoms with Crippen LogP contribution in [0.5, 0.6) is 17.2 Å². The molecule has 1 fully saturated rings. The Morgan fingerprint density at radius 3 is 2.44 bits per heavy atom. The van der Waals surface area contributed by atoms with E-state index in [1.807, 2.05) is 13.0 Å². The van der Waals surface area contributed by atoms with Gasteiger partial charge in [-0.05, 0) is 54.4 Å². The average Bonchev–Trinajstić information content (AvgIpc) is 3.14. The third-order valence-corrected chi connectivity index (χ3v) is 6.14. The van der Waals surface area contributed by atoms with Crippen molar-refractivity contribution in [3.05, 3.63) is 88.2 Å². The summed E-state index contributed by atoms with van der Waals surface area (Å²) in [5, 5.41) is 11.6. The van der Waals surface area contributed by atoms with E-state index in [0.29, 0.717) is 29.4 Å². The minimum Gasteiger partial charge on any atom is -0.507 e. The number of aliphatic hydroxyl groups excluding tert-OH is 1. The van der Waals surface area contributed by atoms with E-state index in [9.17, 15) is 14.7 Å². The summed E-state index contributed by atoms with van der Waals surface area (Å²) < 4.78 is 16.2. The number of amides is 1. The molecule has 1 aliphatic rings. The highest BCUT2D eigenvalue weighted by molar-refractivity contribution is 6.46. The van der Waals surface area contributed by atoms with E-state index < -0.39 is 17.7 Å². The van der Waals surface area contributed by atoms with Gasteiger partial charge in [0.15, 0.2) is 11.5 Å². The van der Waals surface area contributed by atoms with Gasteiger partial charge in [0, 0.05) is 24.5 Å². The van der Waals surface area contributed by atoms with Crippen LogP contribution in [0.3, 0.4) is 0 Å². The van der Waals surface area contributed by atoms with E-state index in [4.69, 9.17) is 25.8 Å². The molecular formula is C27H25ClN2O6. The molecule has 0 aliphatic carbocycles. The summed E-state index contributed by atoms with van der Waals surface area (Å²) in [7, 11) is 3.01. The number of Topliss-reactive ketones (excluding diaryl/α,β-unsaturated/α-hetero) is 1. The molecule has 36 heavy (non-hydrogen) atoms. The number of pyridine rings is 1. The van der Waals surface area contributed by atoms with Crippen LogP contribution in [0.15, 0.2) is 66.5 Å². The van der Waals surface area contributed by atoms with Crippen molar-refractivity contribution in [1.29, 1.82) is 0 Å². The van der Waals surface area contributed by atoms with Gasteiger partial charge in [0.25, 0.3) is 11.7 Å². The Labute approximate surface area is 213 Å². The van der Waals surface area contributed by atoms with Crippen molar-refractivity contribution in [3.8, 4) is 17.2 Å². The van der Waals surface area contributed by atoms with Crippen LogP contribution in [-0.2, 0) is 16.1 Å². The maximum atomic E-state index is 13.3. The maximum absolute atomic E-state index is 13.3. The van der Waals surface area contributed by atoms with E-state index in [0.717, 1.165) is 5.56 Å². The molecule has 1 amide bonds. The average molecular weight is 509 g/mol. The molecule has 0 saturated carbocycles. The van der Waals surface area contributed by atoms with Gasteiger partial charge in [0.05, 0.1) is 37.5 Å². The fraction of sp³-hybridized carbons (Fsp3) is 0.222. The van der Waals surface area contributed by atoms with Crippen molar-refractivity contribution >= 4 is 29.1 Å². The second-order valence-electron chi connectivity index (χ2n) is 7.98. The molecule has 3 aromatic rings. The first kappa shape index (κ1) is 25.1. The normalized spacial score (nSPS) is 16.8. The summed E-state index contributed by atoms with van der Waals surface area (Å²) in [5.74, 6) is -0.524. The molecule has 186 valence electrons. The van der Waals surface area contributed by atoms with Gasteiger partial charge in [-0.1, -0.05) is 23.7 Å². The minimum atomic E-state index is -0.893. The van der Waals surface area contributed by atoms with Crippen LogP contribution < -0.4 is 14.2 Å². The number of ketones is 1. The van der Waals surface area contributed by atoms with Crippen LogP contribution >= 0.6 is 11.6 Å². The number of aromatic nitrogens is 1. The van der Waals surface area contributed by atoms with Gasteiger partial charge in [-0.3, -0.25) is 14.6 Å². The highest BCUT2D eigenvalue weighted by Gasteiger charge is 2.46. The molecule has 1 atom stereocenters. The molecule has 1 aliphatic heterocycles. The summed E-state index contributed by atoms with van der Waals surface area (Å²) in [6.07, 6.45) is 3.25. The van der Waals surface area contributed by atoms with E-state index in [-0.39, 0.29) is 28.5 Å². The number of carbonyl (C=O) groups is 2. The van der Waals surface area contributed by atoms with Gasteiger partial charge in [0.1, 0.15) is 11.5 Å². The molecular weight excluding hydrogens is 484 g/mol. The van der Waals surface area contributed by atoms with E-state index in [1.54, 1.807) is 48.8 Å². The lowest BCUT2D eigenvalue weighted by Crippen LogP contribution is -2.29. The number of likely N-dealkylation sites (tertiary alicyclic amines) is 1. The second kappa shape index (κ2) is 10.7. The number of aliphatic hydroxyl groups is 1. The first-order valence-corrected chi connectivity index (χ1v) is 11.6. The van der Waals surface area contributed by atoms with Crippen molar-refractivity contribution < 1.29 is 28.9 Å². The largest absolute Gasteiger partial charge is 0.507 e. The lowest BCUT2D eigenvalue weighted by Gasteiger charge is -2.26. The van der Waals surface area contributed by atoms with Crippen LogP contribution in [0.25, 0.3) is 5.76 Å². The Hall–Kier alpha value is -4.04. The predicted molar refractivity (Wildman–Crippen MR) is 134 cm³/mol. The maximum Gasteiger partial charge on any atom is 0.295 e. The summed E-state index contributed by atoms with van der Waals surface area (Å²) in [4.78, 5) is 32.0. The monoisotopic (exact) mass is 508 g/mol. The number of rotatable bonds is 8. The Balaban J connectivity index is 1.88. The van der Waals surface area contributed by atoms with E-state index in [2.05, 4.69) is 4.98 Å². The summed E-state index contributed by atoms with van der Waals surface area (Å²) in [6, 6.07) is 12.5. The predicted octanol–water partition coefficient (Wildman–Crippen LogP) is 4.77. The van der Waals surface area contributed by atoms with E-state index >= 15 is 0 Å². The van der Waals surface area contributed by atoms with Crippen LogP contribution in [0, 0.1) is 0 Å². The molecule has 2 heterocycles. The van der Waals surface area contributed by atoms with Gasteiger partial charge in [-0.25, -0.2) is 0 Å². The molecule has 0 spiro atoms. The number of halogens is 1. The molecule has 0 bridgehead atoms. The zero-order chi connectivity index (χ0) is 25.8. The quantitative estimate of drug-likeness (QED) is 0.266. The number of hydrogen-bond acceptors (Lipinski definition) is 7. The standard InChI is InChI=1S/C27H25ClN2O6/c1-4-36-20-9-8-18(12-19(20)28)25(31)23-24(17-7-10-21(34-2)22(13-17)35-3)30(27(33)26(23)32)15-16-6-5-11-29-14-16/h5-14,24,31H,4,15H2,1-3H3/t24-/m1/s1. The highest BCUT2D eigenvalue weighted by atomic mass is 35.5. The third kappa shape index (κ3) is 4.72. The molecule has 1 N–H and O–H groups in total. The molecule has 9 heteroatoms. The Bertz CT molecular complexity index is 1330. The van der Waals surface area contributed by atoms with Crippen LogP contribution in [-0.4, -0.2) is 47.5 Å². The van der Waals surface area contributed by atoms with Crippen LogP contribution in [0.1, 0.15) is 29.7 Å². The summed E-state index contributed by atoms with van der Waals surface area (Å²) in [5.41, 5.74) is 1.52. The second-order valence-corrected chi connectivity index (χ2v) is 8.39. The van der Waals surface area contributed by atoms with Gasteiger partial charge in [-0.2, -0.15) is 0 Å². The van der Waals surface area contributed by atoms with Gasteiger partial charge in [-0.15, -0.1) is 0 Å². The van der Waals surface area contributed by atoms with Crippen molar-refractivity contribution in [2.45, 2.75) is 19.5 Å². The third-order valence-electron chi connectivity index (χ3n) is 5.84. The smallest absolute Gasteiger partial charge is 0.295 e. The fourth-order valence-corrected chi connectivity index (χ4v) is 4.41. The first-order chi connectivity index (χ1) is 17.4. The van der Waals surface area contributed by atoms with Crippen LogP contribution in [0.2, 0.25) is 5.02 Å². The zero-order valence-electron chi connectivity index (χ0n) is 20.0. The van der Waals surface area contributed by atoms with Crippen molar-refractivity contribution in [1.82, 2.24) is 9.88 Å². The number of methoxy groups -OCH3 is 2. The number of benzene rings is 2.